The molecule has 1 rings (SSSR count). The van der Waals surface area contributed by atoms with Gasteiger partial charge in [-0.15, -0.1) is 0 Å². The molecule has 1 aliphatic carbocycles. The molecular weight excluding hydrogens is 180 g/mol. The van der Waals surface area contributed by atoms with Gasteiger partial charge in [-0.05, 0) is 49.5 Å². The van der Waals surface area contributed by atoms with Crippen LogP contribution in [0.1, 0.15) is 46.5 Å². The van der Waals surface area contributed by atoms with E-state index >= 15 is 0 Å². The summed E-state index contributed by atoms with van der Waals surface area (Å²) in [5.74, 6) is 0.908. The van der Waals surface area contributed by atoms with Crippen molar-refractivity contribution in [1.29, 1.82) is 0 Å². The quantitative estimate of drug-likeness (QED) is 0.574. The molecular formula is C15H24. The first-order valence-corrected chi connectivity index (χ1v) is 6.07. The molecule has 0 aromatic heterocycles. The van der Waals surface area contributed by atoms with Gasteiger partial charge in [0.05, 0.1) is 0 Å². The van der Waals surface area contributed by atoms with Gasteiger partial charge in [-0.25, -0.2) is 0 Å². The maximum Gasteiger partial charge on any atom is -0.00809 e. The summed E-state index contributed by atoms with van der Waals surface area (Å²) in [6, 6.07) is 0. The maximum atomic E-state index is 4.23. The molecule has 0 atom stereocenters. The van der Waals surface area contributed by atoms with Gasteiger partial charge in [0.25, 0.3) is 0 Å². The van der Waals surface area contributed by atoms with Gasteiger partial charge in [0, 0.05) is 0 Å². The van der Waals surface area contributed by atoms with Gasteiger partial charge in [-0.2, -0.15) is 0 Å². The van der Waals surface area contributed by atoms with Crippen LogP contribution in [0.3, 0.4) is 0 Å². The van der Waals surface area contributed by atoms with Crippen LogP contribution in [0.15, 0.2) is 36.5 Å². The van der Waals surface area contributed by atoms with Gasteiger partial charge >= 0.3 is 0 Å². The maximum absolute atomic E-state index is 4.23. The van der Waals surface area contributed by atoms with Crippen molar-refractivity contribution in [3.8, 4) is 0 Å². The van der Waals surface area contributed by atoms with Crippen molar-refractivity contribution >= 4 is 0 Å². The summed E-state index contributed by atoms with van der Waals surface area (Å²) < 4.78 is 0. The Morgan fingerprint density at radius 1 is 1.27 bits per heavy atom. The minimum absolute atomic E-state index is 0.352. The smallest absolute Gasteiger partial charge is 0.00809 e. The van der Waals surface area contributed by atoms with E-state index in [0.717, 1.165) is 5.92 Å². The molecule has 0 unspecified atom stereocenters. The van der Waals surface area contributed by atoms with Crippen LogP contribution in [-0.2, 0) is 0 Å². The Balaban J connectivity index is 2.58. The van der Waals surface area contributed by atoms with Crippen LogP contribution in [0.4, 0.5) is 0 Å². The fourth-order valence-electron chi connectivity index (χ4n) is 2.20. The SMILES string of the molecule is C=C(/C=C\C=C/C)C1(C)CCC(C)CC1. The molecule has 1 saturated carbocycles. The van der Waals surface area contributed by atoms with E-state index in [2.05, 4.69) is 44.7 Å². The minimum atomic E-state index is 0.352. The molecule has 0 heteroatoms. The first-order chi connectivity index (χ1) is 7.08. The third-order valence-electron chi connectivity index (χ3n) is 3.75. The highest BCUT2D eigenvalue weighted by atomic mass is 14.3. The molecule has 0 nitrogen and oxygen atoms in total. The van der Waals surface area contributed by atoms with Crippen molar-refractivity contribution < 1.29 is 0 Å². The zero-order valence-electron chi connectivity index (χ0n) is 10.4. The average molecular weight is 204 g/mol. The molecule has 0 aliphatic heterocycles. The number of hydrogen-bond acceptors (Lipinski definition) is 0. The van der Waals surface area contributed by atoms with Crippen LogP contribution in [0.2, 0.25) is 0 Å². The van der Waals surface area contributed by atoms with Crippen LogP contribution in [-0.4, -0.2) is 0 Å². The lowest BCUT2D eigenvalue weighted by molar-refractivity contribution is 0.224. The Morgan fingerprint density at radius 3 is 2.40 bits per heavy atom. The van der Waals surface area contributed by atoms with Crippen molar-refractivity contribution in [2.75, 3.05) is 0 Å². The Kier molecular flexibility index (Phi) is 4.38. The lowest BCUT2D eigenvalue weighted by Gasteiger charge is -2.37. The summed E-state index contributed by atoms with van der Waals surface area (Å²) in [6.45, 7) is 11.0. The van der Waals surface area contributed by atoms with Gasteiger partial charge < -0.3 is 0 Å². The number of hydrogen-bond donors (Lipinski definition) is 0. The Morgan fingerprint density at radius 2 is 1.87 bits per heavy atom. The molecule has 1 aliphatic rings. The van der Waals surface area contributed by atoms with E-state index in [9.17, 15) is 0 Å². The molecule has 0 aromatic rings. The van der Waals surface area contributed by atoms with Crippen LogP contribution in [0, 0.1) is 11.3 Å². The van der Waals surface area contributed by atoms with Crippen LogP contribution >= 0.6 is 0 Å². The fraction of sp³-hybridized carbons (Fsp3) is 0.600. The first-order valence-electron chi connectivity index (χ1n) is 6.07. The summed E-state index contributed by atoms with van der Waals surface area (Å²) in [7, 11) is 0. The lowest BCUT2D eigenvalue weighted by Crippen LogP contribution is -2.24. The first kappa shape index (κ1) is 12.3. The highest BCUT2D eigenvalue weighted by molar-refractivity contribution is 5.26. The Bertz CT molecular complexity index is 260. The zero-order chi connectivity index (χ0) is 11.3. The zero-order valence-corrected chi connectivity index (χ0v) is 10.4. The topological polar surface area (TPSA) is 0 Å². The summed E-state index contributed by atoms with van der Waals surface area (Å²) in [4.78, 5) is 0. The van der Waals surface area contributed by atoms with Crippen LogP contribution in [0.25, 0.3) is 0 Å². The number of rotatable bonds is 3. The predicted molar refractivity (Wildman–Crippen MR) is 68.8 cm³/mol. The third kappa shape index (κ3) is 3.37. The summed E-state index contributed by atoms with van der Waals surface area (Å²) in [5.41, 5.74) is 1.65. The number of allylic oxidation sites excluding steroid dienone is 5. The largest absolute Gasteiger partial charge is 0.0953 e. The summed E-state index contributed by atoms with van der Waals surface area (Å²) in [5, 5.41) is 0. The molecule has 0 amide bonds. The standard InChI is InChI=1S/C15H24/c1-5-6-7-8-14(3)15(4)11-9-13(2)10-12-15/h5-8,13H,3,9-12H2,1-2,4H3/b6-5-,8-7-. The van der Waals surface area contributed by atoms with Crippen molar-refractivity contribution in [2.24, 2.45) is 11.3 Å². The highest BCUT2D eigenvalue weighted by Gasteiger charge is 2.30. The van der Waals surface area contributed by atoms with Crippen molar-refractivity contribution in [3.05, 3.63) is 36.5 Å². The van der Waals surface area contributed by atoms with E-state index in [4.69, 9.17) is 0 Å². The highest BCUT2D eigenvalue weighted by Crippen LogP contribution is 2.43. The van der Waals surface area contributed by atoms with Crippen LogP contribution in [0.5, 0.6) is 0 Å². The van der Waals surface area contributed by atoms with Gasteiger partial charge in [0.1, 0.15) is 0 Å². The molecule has 15 heavy (non-hydrogen) atoms. The van der Waals surface area contributed by atoms with Gasteiger partial charge in [-0.1, -0.05) is 44.7 Å². The molecule has 1 fully saturated rings. The second-order valence-corrected chi connectivity index (χ2v) is 5.15. The van der Waals surface area contributed by atoms with E-state index in [1.54, 1.807) is 0 Å². The van der Waals surface area contributed by atoms with Crippen molar-refractivity contribution in [1.82, 2.24) is 0 Å². The summed E-state index contributed by atoms with van der Waals surface area (Å²) >= 11 is 0. The van der Waals surface area contributed by atoms with E-state index < -0.39 is 0 Å². The molecule has 0 heterocycles. The van der Waals surface area contributed by atoms with E-state index in [0.29, 0.717) is 5.41 Å². The second kappa shape index (κ2) is 5.34. The van der Waals surface area contributed by atoms with E-state index in [1.807, 2.05) is 6.92 Å². The minimum Gasteiger partial charge on any atom is -0.0953 e. The molecule has 0 spiro atoms. The average Bonchev–Trinajstić information content (AvgIpc) is 2.23. The van der Waals surface area contributed by atoms with Crippen molar-refractivity contribution in [3.63, 3.8) is 0 Å². The third-order valence-corrected chi connectivity index (χ3v) is 3.75. The molecule has 0 N–H and O–H groups in total. The molecule has 84 valence electrons. The van der Waals surface area contributed by atoms with E-state index in [1.165, 1.54) is 31.3 Å². The summed E-state index contributed by atoms with van der Waals surface area (Å²) in [6.07, 6.45) is 13.7. The molecule has 0 saturated heterocycles. The monoisotopic (exact) mass is 204 g/mol. The second-order valence-electron chi connectivity index (χ2n) is 5.15. The van der Waals surface area contributed by atoms with E-state index in [-0.39, 0.29) is 0 Å². The molecule has 0 radical (unpaired) electrons. The Labute approximate surface area is 94.8 Å². The Hall–Kier alpha value is -0.780. The molecule has 0 aromatic carbocycles. The normalized spacial score (nSPS) is 32.6. The fourth-order valence-corrected chi connectivity index (χ4v) is 2.20. The van der Waals surface area contributed by atoms with Gasteiger partial charge in [-0.3, -0.25) is 0 Å². The predicted octanol–water partition coefficient (Wildman–Crippen LogP) is 4.89. The van der Waals surface area contributed by atoms with Gasteiger partial charge in [0.15, 0.2) is 0 Å². The lowest BCUT2D eigenvalue weighted by atomic mass is 9.68. The molecule has 0 bridgehead atoms. The van der Waals surface area contributed by atoms with Gasteiger partial charge in [0.2, 0.25) is 0 Å². The van der Waals surface area contributed by atoms with Crippen molar-refractivity contribution in [2.45, 2.75) is 46.5 Å². The van der Waals surface area contributed by atoms with Crippen LogP contribution < -0.4 is 0 Å².